The van der Waals surface area contributed by atoms with Gasteiger partial charge in [0.25, 0.3) is 0 Å². The van der Waals surface area contributed by atoms with E-state index in [1.54, 1.807) is 9.42 Å². The number of nitrogens with zero attached hydrogens (tertiary/aromatic N) is 4. The van der Waals surface area contributed by atoms with Gasteiger partial charge in [-0.15, -0.1) is 0 Å². The second kappa shape index (κ2) is 9.02. The zero-order valence-corrected chi connectivity index (χ0v) is 20.4. The maximum Gasteiger partial charge on any atom is 0.410 e. The van der Waals surface area contributed by atoms with Crippen LogP contribution in [0.15, 0.2) is 12.1 Å². The van der Waals surface area contributed by atoms with E-state index in [2.05, 4.69) is 4.98 Å². The lowest BCUT2D eigenvalue weighted by Gasteiger charge is -2.37. The second-order valence-electron chi connectivity index (χ2n) is 10.6. The highest BCUT2D eigenvalue weighted by atomic mass is 19.4. The van der Waals surface area contributed by atoms with E-state index in [-0.39, 0.29) is 24.9 Å². The molecule has 1 aliphatic carbocycles. The Bertz CT molecular complexity index is 1040. The maximum absolute atomic E-state index is 13.1. The van der Waals surface area contributed by atoms with Crippen LogP contribution in [-0.2, 0) is 9.47 Å². The Morgan fingerprint density at radius 1 is 1.12 bits per heavy atom. The second-order valence-corrected chi connectivity index (χ2v) is 10.6. The lowest BCUT2D eigenvalue weighted by Crippen LogP contribution is -2.48. The molecule has 2 aliphatic rings. The molecule has 2 aromatic rings. The Hall–Kier alpha value is -2.36. The Kier molecular flexibility index (Phi) is 6.56. The Morgan fingerprint density at radius 3 is 2.41 bits per heavy atom. The van der Waals surface area contributed by atoms with Crippen LogP contribution in [0.5, 0.6) is 0 Å². The first kappa shape index (κ1) is 24.8. The summed E-state index contributed by atoms with van der Waals surface area (Å²) in [5.41, 5.74) is 2.33. The number of hydrogen-bond acceptors (Lipinski definition) is 5. The van der Waals surface area contributed by atoms with Gasteiger partial charge in [-0.3, -0.25) is 0 Å². The van der Waals surface area contributed by atoms with Crippen molar-refractivity contribution in [3.8, 4) is 0 Å². The summed E-state index contributed by atoms with van der Waals surface area (Å²) in [5, 5.41) is 4.75. The van der Waals surface area contributed by atoms with E-state index in [1.807, 2.05) is 46.8 Å². The van der Waals surface area contributed by atoms with Crippen LogP contribution in [0, 0.1) is 12.8 Å². The number of carbonyl (C=O) groups is 1. The molecule has 0 N–H and O–H groups in total. The molecule has 1 aliphatic heterocycles. The molecule has 2 fully saturated rings. The molecule has 0 spiro atoms. The first-order valence-electron chi connectivity index (χ1n) is 11.9. The monoisotopic (exact) mass is 482 g/mol. The van der Waals surface area contributed by atoms with Gasteiger partial charge in [0.2, 0.25) is 0 Å². The van der Waals surface area contributed by atoms with E-state index in [1.165, 1.54) is 0 Å². The average Bonchev–Trinajstić information content (AvgIpc) is 3.15. The number of aryl methyl sites for hydroxylation is 1. The predicted molar refractivity (Wildman–Crippen MR) is 120 cm³/mol. The number of carbonyl (C=O) groups excluding carboxylic acids is 1. The number of alkyl halides is 3. The van der Waals surface area contributed by atoms with Gasteiger partial charge in [-0.05, 0) is 66.4 Å². The standard InChI is InChI=1S/C24H33F3N4O3/c1-14-10-19(20-13-30(12-15(2)33-20)22(32)34-23(3,4)5)31-21(28-14)11-18(29-31)16-6-8-17(9-7-16)24(25,26)27/h10-11,15-17,20H,6-9,12-13H2,1-5H3/t15-,16?,17?,20-/m0/s1. The van der Waals surface area contributed by atoms with Gasteiger partial charge in [0, 0.05) is 17.7 Å². The SMILES string of the molecule is Cc1cc([C@@H]2CN(C(=O)OC(C)(C)C)C[C@H](C)O2)n2nc(C3CCC(C(F)(F)F)CC3)cc2n1. The molecular weight excluding hydrogens is 449 g/mol. The highest BCUT2D eigenvalue weighted by molar-refractivity contribution is 5.68. The fraction of sp³-hybridized carbons (Fsp3) is 0.708. The molecule has 3 heterocycles. The van der Waals surface area contributed by atoms with Gasteiger partial charge in [-0.1, -0.05) is 0 Å². The fourth-order valence-corrected chi connectivity index (χ4v) is 4.88. The van der Waals surface area contributed by atoms with Gasteiger partial charge in [0.1, 0.15) is 11.7 Å². The minimum Gasteiger partial charge on any atom is -0.444 e. The molecule has 4 rings (SSSR count). The van der Waals surface area contributed by atoms with Crippen LogP contribution in [0.3, 0.4) is 0 Å². The molecule has 34 heavy (non-hydrogen) atoms. The van der Waals surface area contributed by atoms with Gasteiger partial charge in [0.05, 0.1) is 36.5 Å². The molecule has 0 bridgehead atoms. The molecule has 1 amide bonds. The summed E-state index contributed by atoms with van der Waals surface area (Å²) in [7, 11) is 0. The lowest BCUT2D eigenvalue weighted by molar-refractivity contribution is -0.182. The molecule has 2 aromatic heterocycles. The summed E-state index contributed by atoms with van der Waals surface area (Å²) < 4.78 is 52.7. The van der Waals surface area contributed by atoms with Crippen LogP contribution in [0.25, 0.3) is 5.65 Å². The lowest BCUT2D eigenvalue weighted by atomic mass is 9.80. The molecule has 10 heteroatoms. The van der Waals surface area contributed by atoms with E-state index in [9.17, 15) is 18.0 Å². The van der Waals surface area contributed by atoms with Crippen molar-refractivity contribution >= 4 is 11.7 Å². The fourth-order valence-electron chi connectivity index (χ4n) is 4.88. The van der Waals surface area contributed by atoms with Crippen LogP contribution < -0.4 is 0 Å². The van der Waals surface area contributed by atoms with Gasteiger partial charge in [-0.2, -0.15) is 18.3 Å². The molecule has 0 unspecified atom stereocenters. The van der Waals surface area contributed by atoms with Crippen LogP contribution in [0.4, 0.5) is 18.0 Å². The van der Waals surface area contributed by atoms with Crippen LogP contribution in [0.2, 0.25) is 0 Å². The average molecular weight is 483 g/mol. The number of fused-ring (bicyclic) bond motifs is 1. The minimum atomic E-state index is -4.13. The van der Waals surface area contributed by atoms with Crippen molar-refractivity contribution in [3.63, 3.8) is 0 Å². The Balaban J connectivity index is 1.58. The number of ether oxygens (including phenoxy) is 2. The van der Waals surface area contributed by atoms with Crippen molar-refractivity contribution in [3.05, 3.63) is 29.2 Å². The Labute approximate surface area is 197 Å². The Morgan fingerprint density at radius 2 is 1.79 bits per heavy atom. The number of hydrogen-bond donors (Lipinski definition) is 0. The van der Waals surface area contributed by atoms with E-state index in [0.717, 1.165) is 17.1 Å². The van der Waals surface area contributed by atoms with Gasteiger partial charge >= 0.3 is 12.3 Å². The maximum atomic E-state index is 13.1. The van der Waals surface area contributed by atoms with Gasteiger partial charge < -0.3 is 14.4 Å². The number of aromatic nitrogens is 3. The third-order valence-electron chi connectivity index (χ3n) is 6.45. The first-order chi connectivity index (χ1) is 15.8. The summed E-state index contributed by atoms with van der Waals surface area (Å²) in [4.78, 5) is 18.9. The number of amides is 1. The normalized spacial score (nSPS) is 26.6. The third kappa shape index (κ3) is 5.47. The van der Waals surface area contributed by atoms with Crippen molar-refractivity contribution in [1.29, 1.82) is 0 Å². The van der Waals surface area contributed by atoms with Crippen molar-refractivity contribution in [2.45, 2.75) is 90.2 Å². The van der Waals surface area contributed by atoms with Crippen molar-refractivity contribution in [1.82, 2.24) is 19.5 Å². The van der Waals surface area contributed by atoms with E-state index < -0.39 is 29.9 Å². The van der Waals surface area contributed by atoms with Crippen molar-refractivity contribution < 1.29 is 27.4 Å². The quantitative estimate of drug-likeness (QED) is 0.560. The molecule has 0 aromatic carbocycles. The van der Waals surface area contributed by atoms with Crippen LogP contribution in [-0.4, -0.2) is 56.6 Å². The third-order valence-corrected chi connectivity index (χ3v) is 6.45. The summed E-state index contributed by atoms with van der Waals surface area (Å²) in [6.45, 7) is 10.0. The van der Waals surface area contributed by atoms with Gasteiger partial charge in [0.15, 0.2) is 5.65 Å². The summed E-state index contributed by atoms with van der Waals surface area (Å²) in [5.74, 6) is -1.26. The molecule has 188 valence electrons. The zero-order valence-electron chi connectivity index (χ0n) is 20.4. The number of morpholine rings is 1. The van der Waals surface area contributed by atoms with Crippen molar-refractivity contribution in [2.75, 3.05) is 13.1 Å². The predicted octanol–water partition coefficient (Wildman–Crippen LogP) is 5.57. The van der Waals surface area contributed by atoms with E-state index in [4.69, 9.17) is 14.6 Å². The summed E-state index contributed by atoms with van der Waals surface area (Å²) in [6.07, 6.45) is -4.03. The number of rotatable bonds is 2. The van der Waals surface area contributed by atoms with E-state index >= 15 is 0 Å². The number of halogens is 3. The van der Waals surface area contributed by atoms with Crippen LogP contribution >= 0.6 is 0 Å². The molecule has 0 radical (unpaired) electrons. The zero-order chi connectivity index (χ0) is 24.8. The topological polar surface area (TPSA) is 69.0 Å². The molecular formula is C24H33F3N4O3. The van der Waals surface area contributed by atoms with Crippen LogP contribution in [0.1, 0.15) is 82.5 Å². The molecule has 7 nitrogen and oxygen atoms in total. The van der Waals surface area contributed by atoms with E-state index in [0.29, 0.717) is 31.6 Å². The molecule has 1 saturated carbocycles. The largest absolute Gasteiger partial charge is 0.444 e. The molecule has 2 atom stereocenters. The highest BCUT2D eigenvalue weighted by Crippen LogP contribution is 2.42. The minimum absolute atomic E-state index is 0.0297. The highest BCUT2D eigenvalue weighted by Gasteiger charge is 2.42. The van der Waals surface area contributed by atoms with Gasteiger partial charge in [-0.25, -0.2) is 14.3 Å². The molecule has 1 saturated heterocycles. The first-order valence-corrected chi connectivity index (χ1v) is 11.9. The summed E-state index contributed by atoms with van der Waals surface area (Å²) >= 11 is 0. The summed E-state index contributed by atoms with van der Waals surface area (Å²) in [6, 6.07) is 3.76. The van der Waals surface area contributed by atoms with Crippen molar-refractivity contribution in [2.24, 2.45) is 5.92 Å². The smallest absolute Gasteiger partial charge is 0.410 e.